The van der Waals surface area contributed by atoms with Crippen molar-refractivity contribution in [3.8, 4) is 0 Å². The molecule has 0 fully saturated rings. The van der Waals surface area contributed by atoms with E-state index in [4.69, 9.17) is 5.73 Å². The van der Waals surface area contributed by atoms with Crippen LogP contribution in [0.15, 0.2) is 43.0 Å². The van der Waals surface area contributed by atoms with Gasteiger partial charge in [0.25, 0.3) is 0 Å². The van der Waals surface area contributed by atoms with Crippen LogP contribution in [0.5, 0.6) is 0 Å². The van der Waals surface area contributed by atoms with Crippen LogP contribution >= 0.6 is 0 Å². The lowest BCUT2D eigenvalue weighted by Crippen LogP contribution is -2.03. The van der Waals surface area contributed by atoms with E-state index in [1.54, 1.807) is 0 Å². The van der Waals surface area contributed by atoms with Crippen LogP contribution in [-0.4, -0.2) is 6.54 Å². The normalized spacial score (nSPS) is 12.2. The van der Waals surface area contributed by atoms with E-state index in [-0.39, 0.29) is 0 Å². The summed E-state index contributed by atoms with van der Waals surface area (Å²) in [7, 11) is 0. The van der Waals surface area contributed by atoms with Gasteiger partial charge in [-0.05, 0) is 50.1 Å². The zero-order valence-corrected chi connectivity index (χ0v) is 14.3. The molecule has 0 saturated heterocycles. The lowest BCUT2D eigenvalue weighted by Gasteiger charge is -2.11. The third kappa shape index (κ3) is 9.78. The zero-order valence-electron chi connectivity index (χ0n) is 14.3. The Morgan fingerprint density at radius 3 is 2.05 bits per heavy atom. The maximum absolute atomic E-state index is 5.57. The highest BCUT2D eigenvalue weighted by atomic mass is 14.5. The second-order valence-electron chi connectivity index (χ2n) is 6.43. The van der Waals surface area contributed by atoms with Crippen molar-refractivity contribution < 1.29 is 0 Å². The molecule has 2 N–H and O–H groups in total. The molecule has 1 nitrogen and oxygen atoms in total. The van der Waals surface area contributed by atoms with Crippen LogP contribution in [0.2, 0.25) is 0 Å². The van der Waals surface area contributed by atoms with Gasteiger partial charge < -0.3 is 5.73 Å². The Hall–Kier alpha value is -1.08. The van der Waals surface area contributed by atoms with E-state index < -0.39 is 0 Å². The van der Waals surface area contributed by atoms with E-state index in [1.165, 1.54) is 69.8 Å². The third-order valence-electron chi connectivity index (χ3n) is 4.50. The molecule has 1 unspecified atom stereocenters. The van der Waals surface area contributed by atoms with Crippen molar-refractivity contribution in [1.29, 1.82) is 0 Å². The first-order chi connectivity index (χ1) is 10.9. The number of benzene rings is 1. The Bertz CT molecular complexity index is 357. The van der Waals surface area contributed by atoms with E-state index in [2.05, 4.69) is 43.0 Å². The summed E-state index contributed by atoms with van der Waals surface area (Å²) < 4.78 is 0. The molecule has 0 heterocycles. The van der Waals surface area contributed by atoms with E-state index >= 15 is 0 Å². The lowest BCUT2D eigenvalue weighted by molar-refractivity contribution is 0.482. The Kier molecular flexibility index (Phi) is 11.7. The number of rotatable bonds is 14. The molecule has 0 aliphatic rings. The largest absolute Gasteiger partial charge is 0.330 e. The van der Waals surface area contributed by atoms with Gasteiger partial charge in [0.15, 0.2) is 0 Å². The first kappa shape index (κ1) is 19.0. The number of hydrogen-bond acceptors (Lipinski definition) is 1. The van der Waals surface area contributed by atoms with Crippen LogP contribution in [0.3, 0.4) is 0 Å². The highest BCUT2D eigenvalue weighted by Crippen LogP contribution is 2.17. The minimum absolute atomic E-state index is 0.689. The fourth-order valence-corrected chi connectivity index (χ4v) is 3.02. The van der Waals surface area contributed by atoms with Gasteiger partial charge in [0.2, 0.25) is 0 Å². The molecule has 1 aromatic carbocycles. The zero-order chi connectivity index (χ0) is 15.9. The smallest absolute Gasteiger partial charge is 0.00771 e. The molecule has 22 heavy (non-hydrogen) atoms. The Morgan fingerprint density at radius 1 is 0.818 bits per heavy atom. The molecule has 1 aromatic rings. The average Bonchev–Trinajstić information content (AvgIpc) is 2.57. The summed E-state index contributed by atoms with van der Waals surface area (Å²) in [6.45, 7) is 4.76. The summed E-state index contributed by atoms with van der Waals surface area (Å²) in [5, 5.41) is 0. The SMILES string of the molecule is C=CC(CCCN)CCCCCCCCCc1ccccc1. The van der Waals surface area contributed by atoms with E-state index in [1.807, 2.05) is 0 Å². The highest BCUT2D eigenvalue weighted by Gasteiger charge is 2.03. The van der Waals surface area contributed by atoms with Gasteiger partial charge in [-0.25, -0.2) is 0 Å². The van der Waals surface area contributed by atoms with Crippen molar-refractivity contribution in [3.05, 3.63) is 48.6 Å². The first-order valence-electron chi connectivity index (χ1n) is 9.23. The predicted molar refractivity (Wildman–Crippen MR) is 99.1 cm³/mol. The standard InChI is InChI=1S/C21H35N/c1-2-20(18-13-19-22)14-9-6-4-3-5-7-10-15-21-16-11-8-12-17-21/h2,8,11-12,16-17,20H,1,3-7,9-10,13-15,18-19,22H2. The highest BCUT2D eigenvalue weighted by molar-refractivity contribution is 5.14. The summed E-state index contributed by atoms with van der Waals surface area (Å²) in [5.41, 5.74) is 7.05. The number of unbranched alkanes of at least 4 members (excludes halogenated alkanes) is 6. The van der Waals surface area contributed by atoms with Crippen molar-refractivity contribution in [3.63, 3.8) is 0 Å². The number of nitrogens with two attached hydrogens (primary N) is 1. The van der Waals surface area contributed by atoms with Gasteiger partial charge >= 0.3 is 0 Å². The molecule has 0 saturated carbocycles. The fraction of sp³-hybridized carbons (Fsp3) is 0.619. The number of aryl methyl sites for hydroxylation is 1. The minimum Gasteiger partial charge on any atom is -0.330 e. The van der Waals surface area contributed by atoms with Crippen LogP contribution in [0, 0.1) is 5.92 Å². The molecule has 124 valence electrons. The average molecular weight is 302 g/mol. The second kappa shape index (κ2) is 13.6. The van der Waals surface area contributed by atoms with Gasteiger partial charge in [0.05, 0.1) is 0 Å². The first-order valence-corrected chi connectivity index (χ1v) is 9.23. The quantitative estimate of drug-likeness (QED) is 0.336. The summed E-state index contributed by atoms with van der Waals surface area (Å²) >= 11 is 0. The monoisotopic (exact) mass is 301 g/mol. The summed E-state index contributed by atoms with van der Waals surface area (Å²) in [5.74, 6) is 0.689. The Balaban J connectivity index is 1.88. The van der Waals surface area contributed by atoms with Crippen molar-refractivity contribution in [2.24, 2.45) is 11.7 Å². The summed E-state index contributed by atoms with van der Waals surface area (Å²) in [6, 6.07) is 10.8. The minimum atomic E-state index is 0.689. The van der Waals surface area contributed by atoms with Crippen molar-refractivity contribution in [2.75, 3.05) is 6.54 Å². The van der Waals surface area contributed by atoms with E-state index in [0.717, 1.165) is 13.0 Å². The van der Waals surface area contributed by atoms with Gasteiger partial charge in [0.1, 0.15) is 0 Å². The van der Waals surface area contributed by atoms with E-state index in [0.29, 0.717) is 5.92 Å². The second-order valence-corrected chi connectivity index (χ2v) is 6.43. The molecule has 0 bridgehead atoms. The molecule has 0 aliphatic heterocycles. The molecule has 0 spiro atoms. The van der Waals surface area contributed by atoms with Gasteiger partial charge in [-0.3, -0.25) is 0 Å². The van der Waals surface area contributed by atoms with Crippen LogP contribution in [-0.2, 0) is 6.42 Å². The van der Waals surface area contributed by atoms with Crippen LogP contribution in [0.1, 0.15) is 69.8 Å². The van der Waals surface area contributed by atoms with E-state index in [9.17, 15) is 0 Å². The van der Waals surface area contributed by atoms with Crippen molar-refractivity contribution >= 4 is 0 Å². The molecular formula is C21H35N. The van der Waals surface area contributed by atoms with Crippen molar-refractivity contribution in [1.82, 2.24) is 0 Å². The molecule has 1 heteroatoms. The number of allylic oxidation sites excluding steroid dienone is 1. The fourth-order valence-electron chi connectivity index (χ4n) is 3.02. The molecular weight excluding hydrogens is 266 g/mol. The van der Waals surface area contributed by atoms with Crippen LogP contribution in [0.4, 0.5) is 0 Å². The third-order valence-corrected chi connectivity index (χ3v) is 4.50. The van der Waals surface area contributed by atoms with Gasteiger partial charge in [-0.15, -0.1) is 6.58 Å². The van der Waals surface area contributed by atoms with Crippen molar-refractivity contribution in [2.45, 2.75) is 70.6 Å². The Morgan fingerprint density at radius 2 is 1.41 bits per heavy atom. The van der Waals surface area contributed by atoms with Gasteiger partial charge in [-0.2, -0.15) is 0 Å². The topological polar surface area (TPSA) is 26.0 Å². The van der Waals surface area contributed by atoms with Gasteiger partial charge in [-0.1, -0.05) is 74.9 Å². The summed E-state index contributed by atoms with van der Waals surface area (Å²) in [6.07, 6.45) is 16.7. The molecule has 1 atom stereocenters. The summed E-state index contributed by atoms with van der Waals surface area (Å²) in [4.78, 5) is 0. The number of hydrogen-bond donors (Lipinski definition) is 1. The van der Waals surface area contributed by atoms with Crippen LogP contribution < -0.4 is 5.73 Å². The molecule has 0 aromatic heterocycles. The molecule has 0 amide bonds. The Labute approximate surface area is 138 Å². The molecule has 0 radical (unpaired) electrons. The van der Waals surface area contributed by atoms with Gasteiger partial charge in [0, 0.05) is 0 Å². The molecule has 1 rings (SSSR count). The lowest BCUT2D eigenvalue weighted by atomic mass is 9.95. The maximum atomic E-state index is 5.57. The maximum Gasteiger partial charge on any atom is -0.00771 e. The predicted octanol–water partition coefficient (Wildman–Crippen LogP) is 5.89. The van der Waals surface area contributed by atoms with Crippen LogP contribution in [0.25, 0.3) is 0 Å². The molecule has 0 aliphatic carbocycles.